The van der Waals surface area contributed by atoms with Crippen molar-refractivity contribution in [2.24, 2.45) is 0 Å². The fourth-order valence-electron chi connectivity index (χ4n) is 2.75. The Morgan fingerprint density at radius 2 is 2.19 bits per heavy atom. The topological polar surface area (TPSA) is 76.8 Å². The summed E-state index contributed by atoms with van der Waals surface area (Å²) >= 11 is 0. The third-order valence-electron chi connectivity index (χ3n) is 3.95. The van der Waals surface area contributed by atoms with E-state index in [1.807, 2.05) is 18.7 Å². The quantitative estimate of drug-likeness (QED) is 0.846. The molecule has 0 aromatic carbocycles. The van der Waals surface area contributed by atoms with Gasteiger partial charge in [0.15, 0.2) is 0 Å². The van der Waals surface area contributed by atoms with E-state index in [2.05, 4.69) is 20.1 Å². The summed E-state index contributed by atoms with van der Waals surface area (Å²) in [5, 5.41) is 4.11. The van der Waals surface area contributed by atoms with Crippen molar-refractivity contribution in [2.45, 2.75) is 38.3 Å². The first kappa shape index (κ1) is 13.7. The highest BCUT2D eigenvalue weighted by atomic mass is 16.2. The van der Waals surface area contributed by atoms with Crippen LogP contribution in [0.1, 0.15) is 38.4 Å². The number of aromatic nitrogens is 5. The molecule has 3 heterocycles. The minimum atomic E-state index is -0.763. The fraction of sp³-hybridized carbons (Fsp3) is 0.500. The number of likely N-dealkylation sites (tertiary alicyclic amines) is 1. The first-order valence-electron chi connectivity index (χ1n) is 7.03. The summed E-state index contributed by atoms with van der Waals surface area (Å²) in [5.74, 6) is 0.0288. The third kappa shape index (κ3) is 2.39. The molecule has 7 nitrogen and oxygen atoms in total. The molecule has 3 rings (SSSR count). The zero-order chi connectivity index (χ0) is 14.9. The van der Waals surface area contributed by atoms with Gasteiger partial charge in [-0.2, -0.15) is 5.10 Å². The molecule has 0 saturated carbocycles. The number of hydrogen-bond acceptors (Lipinski definition) is 5. The van der Waals surface area contributed by atoms with E-state index in [9.17, 15) is 4.79 Å². The first-order chi connectivity index (χ1) is 10.1. The highest BCUT2D eigenvalue weighted by Crippen LogP contribution is 2.33. The lowest BCUT2D eigenvalue weighted by Crippen LogP contribution is -2.47. The molecule has 0 bridgehead atoms. The lowest BCUT2D eigenvalue weighted by Gasteiger charge is -2.32. The summed E-state index contributed by atoms with van der Waals surface area (Å²) in [6, 6.07) is -0.00556. The zero-order valence-electron chi connectivity index (χ0n) is 12.2. The molecule has 0 aliphatic carbocycles. The van der Waals surface area contributed by atoms with Crippen molar-refractivity contribution in [2.75, 3.05) is 6.54 Å². The minimum Gasteiger partial charge on any atom is -0.332 e. The summed E-state index contributed by atoms with van der Waals surface area (Å²) in [6.07, 6.45) is 9.95. The van der Waals surface area contributed by atoms with Crippen LogP contribution in [0.15, 0.2) is 31.2 Å². The molecule has 1 aliphatic rings. The zero-order valence-corrected chi connectivity index (χ0v) is 12.2. The van der Waals surface area contributed by atoms with Gasteiger partial charge >= 0.3 is 0 Å². The van der Waals surface area contributed by atoms with Gasteiger partial charge in [-0.25, -0.2) is 9.67 Å². The van der Waals surface area contributed by atoms with Crippen molar-refractivity contribution < 1.29 is 4.79 Å². The average Bonchev–Trinajstić information content (AvgIpc) is 3.18. The molecule has 0 radical (unpaired) electrons. The molecule has 2 aromatic rings. The molecule has 110 valence electrons. The van der Waals surface area contributed by atoms with Crippen LogP contribution in [0.2, 0.25) is 0 Å². The van der Waals surface area contributed by atoms with E-state index in [1.165, 1.54) is 6.33 Å². The molecule has 1 unspecified atom stereocenters. The Labute approximate surface area is 123 Å². The van der Waals surface area contributed by atoms with Gasteiger partial charge in [-0.05, 0) is 26.7 Å². The highest BCUT2D eigenvalue weighted by Gasteiger charge is 2.40. The third-order valence-corrected chi connectivity index (χ3v) is 3.95. The maximum atomic E-state index is 12.9. The van der Waals surface area contributed by atoms with E-state index in [1.54, 1.807) is 29.6 Å². The van der Waals surface area contributed by atoms with Crippen molar-refractivity contribution in [3.8, 4) is 0 Å². The smallest absolute Gasteiger partial charge is 0.250 e. The molecular formula is C14H18N6O. The number of carbonyl (C=O) groups is 1. The fourth-order valence-corrected chi connectivity index (χ4v) is 2.75. The predicted molar refractivity (Wildman–Crippen MR) is 75.1 cm³/mol. The molecule has 0 N–H and O–H groups in total. The molecular weight excluding hydrogens is 268 g/mol. The number of amides is 1. The summed E-state index contributed by atoms with van der Waals surface area (Å²) in [4.78, 5) is 27.2. The molecule has 7 heteroatoms. The average molecular weight is 286 g/mol. The lowest BCUT2D eigenvalue weighted by atomic mass is 10.0. The summed E-state index contributed by atoms with van der Waals surface area (Å²) in [6.45, 7) is 4.45. The number of rotatable bonds is 3. The Kier molecular flexibility index (Phi) is 3.40. The Morgan fingerprint density at radius 3 is 2.86 bits per heavy atom. The van der Waals surface area contributed by atoms with Crippen LogP contribution in [0, 0.1) is 0 Å². The number of hydrogen-bond donors (Lipinski definition) is 0. The van der Waals surface area contributed by atoms with E-state index in [4.69, 9.17) is 0 Å². The molecule has 1 aliphatic heterocycles. The molecule has 1 atom stereocenters. The molecule has 1 amide bonds. The van der Waals surface area contributed by atoms with Crippen LogP contribution in [0.3, 0.4) is 0 Å². The van der Waals surface area contributed by atoms with E-state index in [-0.39, 0.29) is 11.9 Å². The van der Waals surface area contributed by atoms with E-state index in [0.717, 1.165) is 25.1 Å². The molecule has 0 spiro atoms. The second-order valence-corrected chi connectivity index (χ2v) is 5.69. The van der Waals surface area contributed by atoms with Crippen LogP contribution >= 0.6 is 0 Å². The van der Waals surface area contributed by atoms with Crippen LogP contribution in [0.4, 0.5) is 0 Å². The Bertz CT molecular complexity index is 610. The highest BCUT2D eigenvalue weighted by molar-refractivity contribution is 5.84. The minimum absolute atomic E-state index is 0.00556. The van der Waals surface area contributed by atoms with Gasteiger partial charge in [-0.15, -0.1) is 0 Å². The van der Waals surface area contributed by atoms with E-state index >= 15 is 0 Å². The van der Waals surface area contributed by atoms with Crippen LogP contribution in [-0.2, 0) is 10.3 Å². The van der Waals surface area contributed by atoms with Gasteiger partial charge < -0.3 is 4.90 Å². The van der Waals surface area contributed by atoms with Crippen molar-refractivity contribution in [1.29, 1.82) is 0 Å². The number of nitrogens with zero attached hydrogens (tertiary/aromatic N) is 6. The van der Waals surface area contributed by atoms with Gasteiger partial charge in [0.05, 0.1) is 17.9 Å². The Balaban J connectivity index is 1.87. The van der Waals surface area contributed by atoms with Gasteiger partial charge in [0.2, 0.25) is 0 Å². The molecule has 1 saturated heterocycles. The van der Waals surface area contributed by atoms with Gasteiger partial charge in [-0.1, -0.05) is 0 Å². The van der Waals surface area contributed by atoms with Crippen molar-refractivity contribution >= 4 is 5.91 Å². The van der Waals surface area contributed by atoms with Crippen LogP contribution in [0.5, 0.6) is 0 Å². The molecule has 21 heavy (non-hydrogen) atoms. The first-order valence-corrected chi connectivity index (χ1v) is 7.03. The molecule has 1 fully saturated rings. The van der Waals surface area contributed by atoms with Crippen LogP contribution in [-0.4, -0.2) is 42.1 Å². The number of carbonyl (C=O) groups excluding carboxylic acids is 1. The second-order valence-electron chi connectivity index (χ2n) is 5.69. The van der Waals surface area contributed by atoms with E-state index < -0.39 is 5.54 Å². The van der Waals surface area contributed by atoms with Gasteiger partial charge in [0.25, 0.3) is 5.91 Å². The van der Waals surface area contributed by atoms with Gasteiger partial charge in [0, 0.05) is 18.9 Å². The standard InChI is InChI=1S/C14H18N6O/c1-14(2,20-10-16-9-18-20)13(21)19-7-3-4-12(19)11-8-15-5-6-17-11/h5-6,8-10,12H,3-4,7H2,1-2H3. The predicted octanol–water partition coefficient (Wildman–Crippen LogP) is 1.17. The van der Waals surface area contributed by atoms with Gasteiger partial charge in [-0.3, -0.25) is 14.8 Å². The van der Waals surface area contributed by atoms with Crippen molar-refractivity contribution in [1.82, 2.24) is 29.6 Å². The lowest BCUT2D eigenvalue weighted by molar-refractivity contribution is -0.140. The van der Waals surface area contributed by atoms with Crippen molar-refractivity contribution in [3.05, 3.63) is 36.9 Å². The Hall–Kier alpha value is -2.31. The maximum Gasteiger partial charge on any atom is 0.250 e. The maximum absolute atomic E-state index is 12.9. The van der Waals surface area contributed by atoms with Gasteiger partial charge in [0.1, 0.15) is 18.2 Å². The normalized spacial score (nSPS) is 19.0. The van der Waals surface area contributed by atoms with Crippen LogP contribution < -0.4 is 0 Å². The summed E-state index contributed by atoms with van der Waals surface area (Å²) in [5.41, 5.74) is 0.0825. The van der Waals surface area contributed by atoms with Crippen molar-refractivity contribution in [3.63, 3.8) is 0 Å². The molecule has 2 aromatic heterocycles. The Morgan fingerprint density at radius 1 is 1.33 bits per heavy atom. The SMILES string of the molecule is CC(C)(C(=O)N1CCCC1c1cnccn1)n1cncn1. The van der Waals surface area contributed by atoms with Crippen LogP contribution in [0.25, 0.3) is 0 Å². The second kappa shape index (κ2) is 5.23. The summed E-state index contributed by atoms with van der Waals surface area (Å²) in [7, 11) is 0. The monoisotopic (exact) mass is 286 g/mol. The largest absolute Gasteiger partial charge is 0.332 e. The van der Waals surface area contributed by atoms with E-state index in [0.29, 0.717) is 0 Å². The summed E-state index contributed by atoms with van der Waals surface area (Å²) < 4.78 is 1.60.